The maximum absolute atomic E-state index is 12.2. The number of rotatable bonds is 4. The van der Waals surface area contributed by atoms with Crippen molar-refractivity contribution in [2.45, 2.75) is 57.3 Å². The highest BCUT2D eigenvalue weighted by Gasteiger charge is 2.51. The Morgan fingerprint density at radius 3 is 2.77 bits per heavy atom. The van der Waals surface area contributed by atoms with E-state index >= 15 is 0 Å². The van der Waals surface area contributed by atoms with E-state index in [1.54, 1.807) is 0 Å². The van der Waals surface area contributed by atoms with Gasteiger partial charge in [0.1, 0.15) is 0 Å². The first-order valence-corrected chi connectivity index (χ1v) is 8.39. The number of carbonyl (C=O) groups is 1. The van der Waals surface area contributed by atoms with E-state index in [9.17, 15) is 4.79 Å². The van der Waals surface area contributed by atoms with E-state index < -0.39 is 0 Å². The molecule has 2 fully saturated rings. The fourth-order valence-corrected chi connectivity index (χ4v) is 4.38. The zero-order valence-electron chi connectivity index (χ0n) is 13.5. The van der Waals surface area contributed by atoms with Crippen LogP contribution in [0.1, 0.15) is 38.2 Å². The fraction of sp³-hybridized carbons (Fsp3) is 0.611. The van der Waals surface area contributed by atoms with Gasteiger partial charge in [0.2, 0.25) is 0 Å². The average molecular weight is 302 g/mol. The minimum absolute atomic E-state index is 0.159. The molecule has 1 N–H and O–H groups in total. The van der Waals surface area contributed by atoms with Gasteiger partial charge in [0.15, 0.2) is 0 Å². The second kappa shape index (κ2) is 6.69. The molecule has 1 aliphatic carbocycles. The highest BCUT2D eigenvalue weighted by atomic mass is 16.5. The Balaban J connectivity index is 1.75. The van der Waals surface area contributed by atoms with Crippen LogP contribution in [0, 0.1) is 5.92 Å². The lowest BCUT2D eigenvalue weighted by molar-refractivity contribution is 0.0978. The van der Waals surface area contributed by atoms with Gasteiger partial charge in [-0.15, -0.1) is 0 Å². The summed E-state index contributed by atoms with van der Waals surface area (Å²) in [7, 11) is 1.49. The summed E-state index contributed by atoms with van der Waals surface area (Å²) >= 11 is 0. The van der Waals surface area contributed by atoms with Gasteiger partial charge in [-0.3, -0.25) is 0 Å². The van der Waals surface area contributed by atoms with Crippen LogP contribution >= 0.6 is 0 Å². The molecule has 0 spiro atoms. The van der Waals surface area contributed by atoms with Crippen molar-refractivity contribution in [3.05, 3.63) is 35.9 Å². The molecule has 0 bridgehead atoms. The number of hydrogen-bond acceptors (Lipinski definition) is 3. The van der Waals surface area contributed by atoms with Crippen molar-refractivity contribution in [3.8, 4) is 0 Å². The number of likely N-dealkylation sites (tertiary alicyclic amines) is 1. The van der Waals surface area contributed by atoms with E-state index in [2.05, 4.69) is 36.5 Å². The molecule has 1 saturated heterocycles. The third kappa shape index (κ3) is 2.72. The predicted molar refractivity (Wildman–Crippen MR) is 86.5 cm³/mol. The number of fused-ring (bicyclic) bond motifs is 1. The van der Waals surface area contributed by atoms with Crippen LogP contribution in [0.3, 0.4) is 0 Å². The molecule has 0 unspecified atom stereocenters. The molecule has 4 atom stereocenters. The number of amides is 1. The van der Waals surface area contributed by atoms with Crippen LogP contribution in [0.15, 0.2) is 30.3 Å². The first-order chi connectivity index (χ1) is 10.8. The molecular weight excluding hydrogens is 276 g/mol. The van der Waals surface area contributed by atoms with E-state index in [0.29, 0.717) is 18.0 Å². The molecule has 1 saturated carbocycles. The molecule has 120 valence electrons. The number of nitrogens with zero attached hydrogens (tertiary/aromatic N) is 1. The lowest BCUT2D eigenvalue weighted by Crippen LogP contribution is -2.46. The molecule has 22 heavy (non-hydrogen) atoms. The number of carbonyl (C=O) groups excluding carboxylic acids is 1. The van der Waals surface area contributed by atoms with Gasteiger partial charge in [0.05, 0.1) is 13.2 Å². The van der Waals surface area contributed by atoms with Crippen LogP contribution < -0.4 is 5.32 Å². The van der Waals surface area contributed by atoms with Crippen LogP contribution in [0.2, 0.25) is 0 Å². The number of nitrogens with one attached hydrogen (secondary N) is 1. The van der Waals surface area contributed by atoms with Crippen molar-refractivity contribution in [2.75, 3.05) is 7.11 Å². The second-order valence-electron chi connectivity index (χ2n) is 6.41. The number of benzene rings is 1. The molecule has 1 heterocycles. The third-order valence-electron chi connectivity index (χ3n) is 5.31. The fourth-order valence-electron chi connectivity index (χ4n) is 4.38. The molecule has 4 heteroatoms. The number of ether oxygens (including phenoxy) is 1. The van der Waals surface area contributed by atoms with Crippen molar-refractivity contribution in [1.29, 1.82) is 0 Å². The first kappa shape index (κ1) is 15.3. The number of methoxy groups -OCH3 is 1. The van der Waals surface area contributed by atoms with Gasteiger partial charge in [0.25, 0.3) is 0 Å². The lowest BCUT2D eigenvalue weighted by atomic mass is 9.94. The predicted octanol–water partition coefficient (Wildman–Crippen LogP) is 3.17. The van der Waals surface area contributed by atoms with E-state index in [4.69, 9.17) is 4.74 Å². The largest absolute Gasteiger partial charge is 0.453 e. The molecular formula is C18H26N2O2. The van der Waals surface area contributed by atoms with E-state index in [0.717, 1.165) is 19.4 Å². The minimum Gasteiger partial charge on any atom is -0.453 e. The van der Waals surface area contributed by atoms with Crippen molar-refractivity contribution in [2.24, 2.45) is 5.92 Å². The lowest BCUT2D eigenvalue weighted by Gasteiger charge is -2.29. The van der Waals surface area contributed by atoms with Crippen LogP contribution in [0.25, 0.3) is 0 Å². The van der Waals surface area contributed by atoms with Crippen LogP contribution in [0.5, 0.6) is 0 Å². The maximum Gasteiger partial charge on any atom is 0.410 e. The normalized spacial score (nSPS) is 30.4. The van der Waals surface area contributed by atoms with E-state index in [-0.39, 0.29) is 12.1 Å². The quantitative estimate of drug-likeness (QED) is 0.929. The van der Waals surface area contributed by atoms with Crippen LogP contribution in [0.4, 0.5) is 4.79 Å². The van der Waals surface area contributed by atoms with E-state index in [1.165, 1.54) is 25.5 Å². The number of hydrogen-bond donors (Lipinski definition) is 1. The van der Waals surface area contributed by atoms with Crippen molar-refractivity contribution in [1.82, 2.24) is 10.2 Å². The summed E-state index contributed by atoms with van der Waals surface area (Å²) in [6.07, 6.45) is 4.34. The monoisotopic (exact) mass is 302 g/mol. The van der Waals surface area contributed by atoms with Gasteiger partial charge in [-0.25, -0.2) is 4.79 Å². The molecule has 1 aromatic carbocycles. The Bertz CT molecular complexity index is 505. The summed E-state index contributed by atoms with van der Waals surface area (Å²) in [6, 6.07) is 11.4. The maximum atomic E-state index is 12.2. The summed E-state index contributed by atoms with van der Waals surface area (Å²) in [5.41, 5.74) is 1.29. The molecule has 1 aromatic rings. The topological polar surface area (TPSA) is 41.6 Å². The summed E-state index contributed by atoms with van der Waals surface area (Å²) in [5.74, 6) is 0.563. The molecule has 1 aliphatic heterocycles. The van der Waals surface area contributed by atoms with Crippen LogP contribution in [-0.4, -0.2) is 36.2 Å². The standard InChI is InChI=1S/C18H26N2O2/c1-3-15-17(19-12-13-8-5-4-6-9-13)14-10-7-11-16(14)20(15)18(21)22-2/h4-6,8-9,14-17,19H,3,7,10-12H2,1-2H3/t14-,15-,16+,17-/m0/s1. The Morgan fingerprint density at radius 1 is 1.32 bits per heavy atom. The van der Waals surface area contributed by atoms with Gasteiger partial charge < -0.3 is 15.0 Å². The van der Waals surface area contributed by atoms with Crippen molar-refractivity contribution in [3.63, 3.8) is 0 Å². The van der Waals surface area contributed by atoms with Crippen molar-refractivity contribution < 1.29 is 9.53 Å². The van der Waals surface area contributed by atoms with E-state index in [1.807, 2.05) is 11.0 Å². The van der Waals surface area contributed by atoms with Crippen LogP contribution in [-0.2, 0) is 11.3 Å². The Labute approximate surface area is 132 Å². The molecule has 1 amide bonds. The molecule has 3 rings (SSSR count). The first-order valence-electron chi connectivity index (χ1n) is 8.39. The third-order valence-corrected chi connectivity index (χ3v) is 5.31. The molecule has 0 aromatic heterocycles. The van der Waals surface area contributed by atoms with Gasteiger partial charge in [0, 0.05) is 18.6 Å². The highest BCUT2D eigenvalue weighted by Crippen LogP contribution is 2.42. The van der Waals surface area contributed by atoms with Gasteiger partial charge in [-0.05, 0) is 30.7 Å². The van der Waals surface area contributed by atoms with Gasteiger partial charge >= 0.3 is 6.09 Å². The molecule has 0 radical (unpaired) electrons. The zero-order chi connectivity index (χ0) is 15.5. The summed E-state index contributed by atoms with van der Waals surface area (Å²) < 4.78 is 5.04. The smallest absolute Gasteiger partial charge is 0.410 e. The summed E-state index contributed by atoms with van der Waals surface area (Å²) in [4.78, 5) is 14.2. The van der Waals surface area contributed by atoms with Gasteiger partial charge in [-0.2, -0.15) is 0 Å². The van der Waals surface area contributed by atoms with Gasteiger partial charge in [-0.1, -0.05) is 43.7 Å². The molecule has 2 aliphatic rings. The minimum atomic E-state index is -0.159. The van der Waals surface area contributed by atoms with Crippen molar-refractivity contribution >= 4 is 6.09 Å². The SMILES string of the molecule is CC[C@H]1[C@@H](NCc2ccccc2)[C@H]2CCC[C@H]2N1C(=O)OC. The average Bonchev–Trinajstić information content (AvgIpc) is 3.13. The second-order valence-corrected chi connectivity index (χ2v) is 6.41. The highest BCUT2D eigenvalue weighted by molar-refractivity contribution is 5.69. The Hall–Kier alpha value is -1.55. The Morgan fingerprint density at radius 2 is 2.09 bits per heavy atom. The summed E-state index contributed by atoms with van der Waals surface area (Å²) in [5, 5.41) is 3.73. The zero-order valence-corrected chi connectivity index (χ0v) is 13.5. The Kier molecular flexibility index (Phi) is 4.67. The summed E-state index contributed by atoms with van der Waals surface area (Å²) in [6.45, 7) is 3.03. The molecule has 4 nitrogen and oxygen atoms in total.